The highest BCUT2D eigenvalue weighted by Gasteiger charge is 2.51. The molecule has 0 heterocycles. The number of hydrogen-bond acceptors (Lipinski definition) is 1. The van der Waals surface area contributed by atoms with Crippen molar-refractivity contribution in [3.05, 3.63) is 33.8 Å². The van der Waals surface area contributed by atoms with Gasteiger partial charge in [-0.05, 0) is 55.2 Å². The van der Waals surface area contributed by atoms with Crippen LogP contribution in [0.15, 0.2) is 18.2 Å². The Morgan fingerprint density at radius 2 is 2.00 bits per heavy atom. The van der Waals surface area contributed by atoms with Gasteiger partial charge in [0.1, 0.15) is 0 Å². The summed E-state index contributed by atoms with van der Waals surface area (Å²) in [6.07, 6.45) is 5.44. The van der Waals surface area contributed by atoms with Crippen LogP contribution in [0.25, 0.3) is 0 Å². The molecule has 2 aliphatic carbocycles. The Hall–Kier alpha value is -0.710. The van der Waals surface area contributed by atoms with E-state index in [1.165, 1.54) is 19.3 Å². The lowest BCUT2D eigenvalue weighted by Gasteiger charge is -2.31. The molecule has 1 aromatic carbocycles. The fourth-order valence-corrected chi connectivity index (χ4v) is 4.38. The third kappa shape index (κ3) is 1.83. The highest BCUT2D eigenvalue weighted by atomic mass is 35.5. The number of nitriles is 1. The summed E-state index contributed by atoms with van der Waals surface area (Å²) in [5.41, 5.74) is 0.729. The lowest BCUT2D eigenvalue weighted by Crippen LogP contribution is -2.28. The van der Waals surface area contributed by atoms with E-state index in [1.54, 1.807) is 0 Å². The summed E-state index contributed by atoms with van der Waals surface area (Å²) in [6, 6.07) is 8.17. The smallest absolute Gasteiger partial charge is 0.0696 e. The molecule has 0 spiro atoms. The number of halogens is 2. The van der Waals surface area contributed by atoms with Crippen LogP contribution in [0.2, 0.25) is 10.0 Å². The maximum absolute atomic E-state index is 9.65. The Bertz CT molecular complexity index is 499. The third-order valence-electron chi connectivity index (χ3n) is 4.75. The SMILES string of the molecule is N#CC1(Cc2c(Cl)cccc2Cl)CC2CCC1C2. The van der Waals surface area contributed by atoms with Gasteiger partial charge in [-0.3, -0.25) is 0 Å². The normalized spacial score (nSPS) is 33.6. The molecule has 94 valence electrons. The second-order valence-electron chi connectivity index (χ2n) is 5.73. The van der Waals surface area contributed by atoms with E-state index in [4.69, 9.17) is 23.2 Å². The molecule has 0 amide bonds. The first kappa shape index (κ1) is 12.3. The van der Waals surface area contributed by atoms with Gasteiger partial charge >= 0.3 is 0 Å². The van der Waals surface area contributed by atoms with E-state index < -0.39 is 0 Å². The number of benzene rings is 1. The Morgan fingerprint density at radius 1 is 1.28 bits per heavy atom. The summed E-state index contributed by atoms with van der Waals surface area (Å²) in [6.45, 7) is 0. The van der Waals surface area contributed by atoms with E-state index in [9.17, 15) is 5.26 Å². The van der Waals surface area contributed by atoms with Crippen molar-refractivity contribution in [3.8, 4) is 6.07 Å². The van der Waals surface area contributed by atoms with Gasteiger partial charge in [0, 0.05) is 10.0 Å². The summed E-state index contributed by atoms with van der Waals surface area (Å²) in [5, 5.41) is 11.0. The minimum absolute atomic E-state index is 0.225. The van der Waals surface area contributed by atoms with Gasteiger partial charge in [-0.25, -0.2) is 0 Å². The largest absolute Gasteiger partial charge is 0.198 e. The van der Waals surface area contributed by atoms with Crippen LogP contribution in [-0.4, -0.2) is 0 Å². The topological polar surface area (TPSA) is 23.8 Å². The predicted octanol–water partition coefficient (Wildman–Crippen LogP) is 4.87. The molecular weight excluding hydrogens is 265 g/mol. The number of rotatable bonds is 2. The Kier molecular flexibility index (Phi) is 3.04. The Balaban J connectivity index is 1.94. The van der Waals surface area contributed by atoms with E-state index in [-0.39, 0.29) is 5.41 Å². The zero-order chi connectivity index (χ0) is 12.8. The van der Waals surface area contributed by atoms with Crippen molar-refractivity contribution >= 4 is 23.2 Å². The van der Waals surface area contributed by atoms with E-state index in [0.717, 1.165) is 17.9 Å². The van der Waals surface area contributed by atoms with Crippen LogP contribution in [0, 0.1) is 28.6 Å². The predicted molar refractivity (Wildman–Crippen MR) is 73.7 cm³/mol. The minimum atomic E-state index is -0.225. The molecule has 1 nitrogen and oxygen atoms in total. The number of fused-ring (bicyclic) bond motifs is 2. The number of hydrogen-bond donors (Lipinski definition) is 0. The molecule has 2 fully saturated rings. The summed E-state index contributed by atoms with van der Waals surface area (Å²) in [7, 11) is 0. The zero-order valence-electron chi connectivity index (χ0n) is 10.1. The van der Waals surface area contributed by atoms with Crippen molar-refractivity contribution in [2.24, 2.45) is 17.3 Å². The second kappa shape index (κ2) is 4.44. The van der Waals surface area contributed by atoms with Crippen molar-refractivity contribution in [1.29, 1.82) is 5.26 Å². The van der Waals surface area contributed by atoms with Crippen molar-refractivity contribution in [2.75, 3.05) is 0 Å². The molecule has 3 unspecified atom stereocenters. The zero-order valence-corrected chi connectivity index (χ0v) is 11.6. The lowest BCUT2D eigenvalue weighted by molar-refractivity contribution is 0.239. The quantitative estimate of drug-likeness (QED) is 0.758. The summed E-state index contributed by atoms with van der Waals surface area (Å²) in [4.78, 5) is 0. The first-order valence-electron chi connectivity index (χ1n) is 6.49. The first-order valence-corrected chi connectivity index (χ1v) is 7.24. The van der Waals surface area contributed by atoms with Crippen LogP contribution in [0.5, 0.6) is 0 Å². The summed E-state index contributed by atoms with van der Waals surface area (Å²) >= 11 is 12.5. The fraction of sp³-hybridized carbons (Fsp3) is 0.533. The first-order chi connectivity index (χ1) is 8.64. The van der Waals surface area contributed by atoms with E-state index in [2.05, 4.69) is 6.07 Å². The van der Waals surface area contributed by atoms with Gasteiger partial charge in [0.25, 0.3) is 0 Å². The molecule has 0 radical (unpaired) electrons. The molecule has 2 aliphatic rings. The van der Waals surface area contributed by atoms with Gasteiger partial charge in [0.05, 0.1) is 11.5 Å². The van der Waals surface area contributed by atoms with Crippen LogP contribution >= 0.6 is 23.2 Å². The van der Waals surface area contributed by atoms with Gasteiger partial charge in [0.2, 0.25) is 0 Å². The van der Waals surface area contributed by atoms with E-state index in [0.29, 0.717) is 22.4 Å². The van der Waals surface area contributed by atoms with E-state index >= 15 is 0 Å². The Morgan fingerprint density at radius 3 is 2.50 bits per heavy atom. The third-order valence-corrected chi connectivity index (χ3v) is 5.46. The summed E-state index contributed by atoms with van der Waals surface area (Å²) in [5.74, 6) is 1.29. The maximum Gasteiger partial charge on any atom is 0.0696 e. The minimum Gasteiger partial charge on any atom is -0.198 e. The fourth-order valence-electron chi connectivity index (χ4n) is 3.85. The molecule has 3 heteroatoms. The van der Waals surface area contributed by atoms with Crippen molar-refractivity contribution in [1.82, 2.24) is 0 Å². The molecule has 2 saturated carbocycles. The van der Waals surface area contributed by atoms with Crippen LogP contribution in [0.4, 0.5) is 0 Å². The molecule has 0 saturated heterocycles. The van der Waals surface area contributed by atoms with Crippen LogP contribution in [0.1, 0.15) is 31.2 Å². The standard InChI is InChI=1S/C15H15Cl2N/c16-13-2-1-3-14(17)12(13)8-15(9-18)7-10-4-5-11(15)6-10/h1-3,10-11H,4-8H2. The van der Waals surface area contributed by atoms with Crippen molar-refractivity contribution < 1.29 is 0 Å². The molecule has 0 aliphatic heterocycles. The monoisotopic (exact) mass is 279 g/mol. The van der Waals surface area contributed by atoms with Crippen LogP contribution in [0.3, 0.4) is 0 Å². The highest BCUT2D eigenvalue weighted by molar-refractivity contribution is 6.36. The Labute approximate surface area is 118 Å². The van der Waals surface area contributed by atoms with Crippen molar-refractivity contribution in [3.63, 3.8) is 0 Å². The molecule has 0 aromatic heterocycles. The molecule has 3 atom stereocenters. The molecule has 3 rings (SSSR count). The number of nitrogens with zero attached hydrogens (tertiary/aromatic N) is 1. The van der Waals surface area contributed by atoms with Gasteiger partial charge in [-0.1, -0.05) is 35.7 Å². The molecule has 0 N–H and O–H groups in total. The van der Waals surface area contributed by atoms with Gasteiger partial charge in [-0.15, -0.1) is 0 Å². The molecule has 18 heavy (non-hydrogen) atoms. The average Bonchev–Trinajstić information content (AvgIpc) is 2.95. The molecule has 2 bridgehead atoms. The van der Waals surface area contributed by atoms with Gasteiger partial charge in [0.15, 0.2) is 0 Å². The van der Waals surface area contributed by atoms with E-state index in [1.807, 2.05) is 18.2 Å². The second-order valence-corrected chi connectivity index (χ2v) is 6.54. The van der Waals surface area contributed by atoms with Crippen molar-refractivity contribution in [2.45, 2.75) is 32.1 Å². The summed E-state index contributed by atoms with van der Waals surface area (Å²) < 4.78 is 0. The van der Waals surface area contributed by atoms with Crippen LogP contribution in [-0.2, 0) is 6.42 Å². The highest BCUT2D eigenvalue weighted by Crippen LogP contribution is 2.57. The van der Waals surface area contributed by atoms with Gasteiger partial charge in [-0.2, -0.15) is 5.26 Å². The maximum atomic E-state index is 9.65. The molecule has 1 aromatic rings. The average molecular weight is 280 g/mol. The molecular formula is C15H15Cl2N. The van der Waals surface area contributed by atoms with Crippen LogP contribution < -0.4 is 0 Å². The van der Waals surface area contributed by atoms with Gasteiger partial charge < -0.3 is 0 Å². The lowest BCUT2D eigenvalue weighted by atomic mass is 9.70.